The summed E-state index contributed by atoms with van der Waals surface area (Å²) >= 11 is 0. The minimum absolute atomic E-state index is 0.118. The van der Waals surface area contributed by atoms with Gasteiger partial charge in [0.05, 0.1) is 6.33 Å². The number of aromatic nitrogens is 2. The van der Waals surface area contributed by atoms with Crippen LogP contribution in [0.3, 0.4) is 0 Å². The van der Waals surface area contributed by atoms with E-state index < -0.39 is 17.9 Å². The Morgan fingerprint density at radius 1 is 1.21 bits per heavy atom. The second-order valence-electron chi connectivity index (χ2n) is 3.29. The molecule has 1 aromatic rings. The van der Waals surface area contributed by atoms with Gasteiger partial charge >= 0.3 is 12.0 Å². The van der Waals surface area contributed by atoms with E-state index >= 15 is 0 Å². The number of rotatable bonds is 3. The first-order valence-corrected chi connectivity index (χ1v) is 4.04. The summed E-state index contributed by atoms with van der Waals surface area (Å²) in [6.45, 7) is 2.09. The van der Waals surface area contributed by atoms with E-state index in [4.69, 9.17) is 0 Å². The standard InChI is InChI=1S/C8H10F4N2/c1-6(2)7(9,10)8(11,12)14-4-3-13-5-14/h3-6H,1-2H3. The maximum atomic E-state index is 13.2. The fraction of sp³-hybridized carbons (Fsp3) is 0.625. The SMILES string of the molecule is CC(C)C(F)(F)C(F)(F)n1ccnc1. The van der Waals surface area contributed by atoms with E-state index in [9.17, 15) is 17.6 Å². The Morgan fingerprint density at radius 2 is 1.79 bits per heavy atom. The Balaban J connectivity index is 3.07. The molecule has 80 valence electrons. The quantitative estimate of drug-likeness (QED) is 0.701. The van der Waals surface area contributed by atoms with Crippen molar-refractivity contribution in [3.63, 3.8) is 0 Å². The largest absolute Gasteiger partial charge is 0.393 e. The first-order chi connectivity index (χ1) is 6.30. The minimum Gasteiger partial charge on any atom is -0.272 e. The molecule has 0 bridgehead atoms. The fourth-order valence-corrected chi connectivity index (χ4v) is 0.945. The molecular weight excluding hydrogens is 200 g/mol. The first-order valence-electron chi connectivity index (χ1n) is 4.04. The van der Waals surface area contributed by atoms with Gasteiger partial charge in [0.2, 0.25) is 0 Å². The molecule has 0 spiro atoms. The molecular formula is C8H10F4N2. The molecule has 0 unspecified atom stereocenters. The number of alkyl halides is 4. The molecule has 0 fully saturated rings. The summed E-state index contributed by atoms with van der Waals surface area (Å²) in [5.41, 5.74) is 0. The summed E-state index contributed by atoms with van der Waals surface area (Å²) in [6, 6.07) is -4.24. The van der Waals surface area contributed by atoms with Gasteiger partial charge in [0.15, 0.2) is 0 Å². The molecule has 0 radical (unpaired) electrons. The highest BCUT2D eigenvalue weighted by Crippen LogP contribution is 2.43. The van der Waals surface area contributed by atoms with Crippen molar-refractivity contribution in [2.45, 2.75) is 25.8 Å². The van der Waals surface area contributed by atoms with Crippen molar-refractivity contribution in [3.05, 3.63) is 18.7 Å². The summed E-state index contributed by atoms with van der Waals surface area (Å²) in [5, 5.41) is 0. The fourth-order valence-electron chi connectivity index (χ4n) is 0.945. The third kappa shape index (κ3) is 1.49. The Hall–Kier alpha value is -1.07. The normalized spacial score (nSPS) is 13.6. The van der Waals surface area contributed by atoms with Crippen molar-refractivity contribution in [2.24, 2.45) is 5.92 Å². The zero-order valence-electron chi connectivity index (χ0n) is 7.72. The molecule has 0 N–H and O–H groups in total. The van der Waals surface area contributed by atoms with Crippen LogP contribution in [0.1, 0.15) is 13.8 Å². The van der Waals surface area contributed by atoms with Crippen LogP contribution in [0.25, 0.3) is 0 Å². The van der Waals surface area contributed by atoms with Crippen LogP contribution in [0.5, 0.6) is 0 Å². The van der Waals surface area contributed by atoms with E-state index in [0.29, 0.717) is 6.33 Å². The molecule has 0 aliphatic heterocycles. The van der Waals surface area contributed by atoms with E-state index in [1.165, 1.54) is 0 Å². The predicted octanol–water partition coefficient (Wildman–Crippen LogP) is 2.72. The van der Waals surface area contributed by atoms with Gasteiger partial charge in [0.25, 0.3) is 0 Å². The van der Waals surface area contributed by atoms with Crippen LogP contribution in [0.4, 0.5) is 17.6 Å². The van der Waals surface area contributed by atoms with E-state index in [-0.39, 0.29) is 4.57 Å². The minimum atomic E-state index is -4.24. The molecule has 0 aliphatic rings. The van der Waals surface area contributed by atoms with Crippen molar-refractivity contribution in [1.82, 2.24) is 9.55 Å². The van der Waals surface area contributed by atoms with Crippen molar-refractivity contribution >= 4 is 0 Å². The van der Waals surface area contributed by atoms with Crippen LogP contribution in [0.2, 0.25) is 0 Å². The lowest BCUT2D eigenvalue weighted by Crippen LogP contribution is -2.46. The Labute approximate surface area is 78.6 Å². The van der Waals surface area contributed by atoms with E-state index in [1.807, 2.05) is 0 Å². The average Bonchev–Trinajstić information content (AvgIpc) is 2.55. The number of imidazole rings is 1. The molecule has 0 aliphatic carbocycles. The molecule has 0 saturated heterocycles. The van der Waals surface area contributed by atoms with Gasteiger partial charge in [0.1, 0.15) is 0 Å². The monoisotopic (exact) mass is 210 g/mol. The molecule has 14 heavy (non-hydrogen) atoms. The highest BCUT2D eigenvalue weighted by atomic mass is 19.3. The zero-order valence-corrected chi connectivity index (χ0v) is 7.72. The molecule has 1 aromatic heterocycles. The van der Waals surface area contributed by atoms with Crippen LogP contribution in [0.15, 0.2) is 18.7 Å². The van der Waals surface area contributed by atoms with Gasteiger partial charge in [-0.3, -0.25) is 4.57 Å². The second-order valence-corrected chi connectivity index (χ2v) is 3.29. The molecule has 6 heteroatoms. The smallest absolute Gasteiger partial charge is 0.272 e. The third-order valence-electron chi connectivity index (χ3n) is 1.95. The molecule has 0 atom stereocenters. The summed E-state index contributed by atoms with van der Waals surface area (Å²) in [5.74, 6) is -5.53. The number of halogens is 4. The van der Waals surface area contributed by atoms with Crippen LogP contribution in [-0.2, 0) is 6.05 Å². The van der Waals surface area contributed by atoms with E-state index in [2.05, 4.69) is 4.98 Å². The van der Waals surface area contributed by atoms with Crippen LogP contribution in [-0.4, -0.2) is 15.5 Å². The molecule has 1 heterocycles. The van der Waals surface area contributed by atoms with Crippen molar-refractivity contribution in [1.29, 1.82) is 0 Å². The second kappa shape index (κ2) is 3.25. The third-order valence-corrected chi connectivity index (χ3v) is 1.95. The van der Waals surface area contributed by atoms with Gasteiger partial charge in [-0.15, -0.1) is 0 Å². The summed E-state index contributed by atoms with van der Waals surface area (Å²) in [7, 11) is 0. The number of hydrogen-bond donors (Lipinski definition) is 0. The summed E-state index contributed by atoms with van der Waals surface area (Å²) in [6.07, 6.45) is 2.52. The molecule has 0 aromatic carbocycles. The molecule has 1 rings (SSSR count). The maximum Gasteiger partial charge on any atom is 0.393 e. The van der Waals surface area contributed by atoms with Crippen LogP contribution in [0, 0.1) is 5.92 Å². The van der Waals surface area contributed by atoms with Gasteiger partial charge in [-0.05, 0) is 0 Å². The van der Waals surface area contributed by atoms with Gasteiger partial charge in [0, 0.05) is 18.3 Å². The van der Waals surface area contributed by atoms with Gasteiger partial charge in [-0.25, -0.2) is 4.98 Å². The lowest BCUT2D eigenvalue weighted by Gasteiger charge is -2.29. The maximum absolute atomic E-state index is 13.2. The van der Waals surface area contributed by atoms with Gasteiger partial charge < -0.3 is 0 Å². The van der Waals surface area contributed by atoms with Crippen LogP contribution >= 0.6 is 0 Å². The van der Waals surface area contributed by atoms with Crippen molar-refractivity contribution in [2.75, 3.05) is 0 Å². The van der Waals surface area contributed by atoms with Crippen molar-refractivity contribution < 1.29 is 17.6 Å². The number of nitrogens with zero attached hydrogens (tertiary/aromatic N) is 2. The van der Waals surface area contributed by atoms with Gasteiger partial charge in [-0.1, -0.05) is 13.8 Å². The van der Waals surface area contributed by atoms with Crippen LogP contribution < -0.4 is 0 Å². The first kappa shape index (κ1) is 11.0. The van der Waals surface area contributed by atoms with E-state index in [0.717, 1.165) is 26.2 Å². The Bertz CT molecular complexity index is 292. The lowest BCUT2D eigenvalue weighted by molar-refractivity contribution is -0.278. The topological polar surface area (TPSA) is 17.8 Å². The molecule has 0 amide bonds. The predicted molar refractivity (Wildman–Crippen MR) is 42.2 cm³/mol. The summed E-state index contributed by atoms with van der Waals surface area (Å²) < 4.78 is 52.7. The zero-order chi connectivity index (χ0) is 11.0. The molecule has 2 nitrogen and oxygen atoms in total. The Morgan fingerprint density at radius 3 is 2.14 bits per heavy atom. The van der Waals surface area contributed by atoms with E-state index in [1.54, 1.807) is 0 Å². The highest BCUT2D eigenvalue weighted by Gasteiger charge is 2.59. The van der Waals surface area contributed by atoms with Crippen molar-refractivity contribution in [3.8, 4) is 0 Å². The number of hydrogen-bond acceptors (Lipinski definition) is 1. The molecule has 0 saturated carbocycles. The van der Waals surface area contributed by atoms with Gasteiger partial charge in [-0.2, -0.15) is 17.6 Å². The lowest BCUT2D eigenvalue weighted by atomic mass is 10.0. The average molecular weight is 210 g/mol. The highest BCUT2D eigenvalue weighted by molar-refractivity contribution is 4.89. The summed E-state index contributed by atoms with van der Waals surface area (Å²) in [4.78, 5) is 3.31. The Kier molecular flexibility index (Phi) is 2.56.